The summed E-state index contributed by atoms with van der Waals surface area (Å²) < 4.78 is 0. The van der Waals surface area contributed by atoms with Crippen LogP contribution >= 0.6 is 0 Å². The molecule has 0 atom stereocenters. The summed E-state index contributed by atoms with van der Waals surface area (Å²) in [6, 6.07) is 3.83. The van der Waals surface area contributed by atoms with Gasteiger partial charge in [-0.2, -0.15) is 0 Å². The molecular weight excluding hydrogens is 188 g/mol. The minimum atomic E-state index is 0.0830. The Morgan fingerprint density at radius 1 is 1.20 bits per heavy atom. The first kappa shape index (κ1) is 10.4. The van der Waals surface area contributed by atoms with Gasteiger partial charge in [0.15, 0.2) is 0 Å². The van der Waals surface area contributed by atoms with Gasteiger partial charge >= 0.3 is 0 Å². The molecule has 3 heteroatoms. The van der Waals surface area contributed by atoms with Crippen molar-refractivity contribution in [2.45, 2.75) is 32.3 Å². The Balaban J connectivity index is 2.18. The summed E-state index contributed by atoms with van der Waals surface area (Å²) in [7, 11) is 0. The molecule has 0 amide bonds. The Morgan fingerprint density at radius 2 is 1.93 bits per heavy atom. The molecule has 1 N–H and O–H groups in total. The lowest BCUT2D eigenvalue weighted by atomic mass is 10.2. The Morgan fingerprint density at radius 3 is 2.60 bits per heavy atom. The van der Waals surface area contributed by atoms with Crippen LogP contribution in [-0.2, 0) is 6.61 Å². The van der Waals surface area contributed by atoms with E-state index in [0.29, 0.717) is 0 Å². The van der Waals surface area contributed by atoms with Crippen LogP contribution in [0.5, 0.6) is 0 Å². The van der Waals surface area contributed by atoms with Crippen molar-refractivity contribution in [3.8, 4) is 0 Å². The van der Waals surface area contributed by atoms with Gasteiger partial charge in [0.05, 0.1) is 6.61 Å². The maximum Gasteiger partial charge on any atom is 0.134 e. The Labute approximate surface area is 90.8 Å². The van der Waals surface area contributed by atoms with Crippen LogP contribution in [0, 0.1) is 0 Å². The summed E-state index contributed by atoms with van der Waals surface area (Å²) in [6.45, 7) is 2.23. The van der Waals surface area contributed by atoms with Crippen LogP contribution in [-0.4, -0.2) is 23.2 Å². The number of hydrogen-bond donors (Lipinski definition) is 1. The molecular formula is C12H18N2O. The number of anilines is 1. The molecule has 0 aliphatic carbocycles. The summed E-state index contributed by atoms with van der Waals surface area (Å²) >= 11 is 0. The number of aromatic nitrogens is 1. The molecule has 0 unspecified atom stereocenters. The maximum absolute atomic E-state index is 9.25. The molecule has 0 saturated carbocycles. The van der Waals surface area contributed by atoms with Crippen molar-refractivity contribution in [1.82, 2.24) is 4.98 Å². The fourth-order valence-electron chi connectivity index (χ4n) is 2.12. The van der Waals surface area contributed by atoms with Gasteiger partial charge in [0.1, 0.15) is 5.82 Å². The molecule has 1 aromatic heterocycles. The predicted octanol–water partition coefficient (Wildman–Crippen LogP) is 1.95. The van der Waals surface area contributed by atoms with Crippen molar-refractivity contribution in [2.75, 3.05) is 18.0 Å². The molecule has 2 heterocycles. The van der Waals surface area contributed by atoms with E-state index in [-0.39, 0.29) is 6.61 Å². The van der Waals surface area contributed by atoms with Crippen LogP contribution in [0.1, 0.15) is 31.2 Å². The van der Waals surface area contributed by atoms with Crippen LogP contribution in [0.3, 0.4) is 0 Å². The van der Waals surface area contributed by atoms with E-state index in [1.165, 1.54) is 25.7 Å². The molecule has 3 nitrogen and oxygen atoms in total. The minimum absolute atomic E-state index is 0.0830. The van der Waals surface area contributed by atoms with E-state index in [1.54, 1.807) is 6.20 Å². The molecule has 1 fully saturated rings. The second-order valence-electron chi connectivity index (χ2n) is 4.05. The first-order chi connectivity index (χ1) is 7.42. The lowest BCUT2D eigenvalue weighted by Gasteiger charge is -2.23. The van der Waals surface area contributed by atoms with Gasteiger partial charge in [-0.25, -0.2) is 4.98 Å². The van der Waals surface area contributed by atoms with Gasteiger partial charge in [0, 0.05) is 24.8 Å². The highest BCUT2D eigenvalue weighted by molar-refractivity contribution is 5.46. The molecule has 0 aromatic carbocycles. The highest BCUT2D eigenvalue weighted by Gasteiger charge is 2.13. The standard InChI is InChI=1S/C12H18N2O/c15-10-11-6-5-7-13-12(11)14-8-3-1-2-4-9-14/h5-7,15H,1-4,8-10H2. The topological polar surface area (TPSA) is 36.4 Å². The zero-order valence-electron chi connectivity index (χ0n) is 9.02. The second-order valence-corrected chi connectivity index (χ2v) is 4.05. The van der Waals surface area contributed by atoms with E-state index < -0.39 is 0 Å². The summed E-state index contributed by atoms with van der Waals surface area (Å²) in [6.07, 6.45) is 6.91. The van der Waals surface area contributed by atoms with Gasteiger partial charge in [0.2, 0.25) is 0 Å². The van der Waals surface area contributed by atoms with Crippen LogP contribution in [0.15, 0.2) is 18.3 Å². The predicted molar refractivity (Wildman–Crippen MR) is 60.8 cm³/mol. The van der Waals surface area contributed by atoms with Crippen LogP contribution in [0.4, 0.5) is 5.82 Å². The highest BCUT2D eigenvalue weighted by Crippen LogP contribution is 2.20. The van der Waals surface area contributed by atoms with Gasteiger partial charge in [0.25, 0.3) is 0 Å². The van der Waals surface area contributed by atoms with Crippen molar-refractivity contribution < 1.29 is 5.11 Å². The number of nitrogens with zero attached hydrogens (tertiary/aromatic N) is 2. The van der Waals surface area contributed by atoms with Crippen LogP contribution in [0.25, 0.3) is 0 Å². The molecule has 0 radical (unpaired) electrons. The monoisotopic (exact) mass is 206 g/mol. The SMILES string of the molecule is OCc1cccnc1N1CCCCCC1. The third kappa shape index (κ3) is 2.48. The van der Waals surface area contributed by atoms with Crippen molar-refractivity contribution in [3.63, 3.8) is 0 Å². The zero-order valence-corrected chi connectivity index (χ0v) is 9.02. The van der Waals surface area contributed by atoms with E-state index in [2.05, 4.69) is 9.88 Å². The number of rotatable bonds is 2. The van der Waals surface area contributed by atoms with Gasteiger partial charge in [-0.05, 0) is 18.9 Å². The van der Waals surface area contributed by atoms with Gasteiger partial charge < -0.3 is 10.0 Å². The lowest BCUT2D eigenvalue weighted by molar-refractivity contribution is 0.281. The maximum atomic E-state index is 9.25. The van der Waals surface area contributed by atoms with E-state index in [0.717, 1.165) is 24.5 Å². The number of hydrogen-bond acceptors (Lipinski definition) is 3. The molecule has 1 aliphatic heterocycles. The van der Waals surface area contributed by atoms with E-state index in [4.69, 9.17) is 0 Å². The minimum Gasteiger partial charge on any atom is -0.392 e. The number of aliphatic hydroxyl groups is 1. The zero-order chi connectivity index (χ0) is 10.5. The fourth-order valence-corrected chi connectivity index (χ4v) is 2.12. The van der Waals surface area contributed by atoms with Crippen LogP contribution < -0.4 is 4.90 Å². The fraction of sp³-hybridized carbons (Fsp3) is 0.583. The van der Waals surface area contributed by atoms with E-state index in [1.807, 2.05) is 12.1 Å². The lowest BCUT2D eigenvalue weighted by Crippen LogP contribution is -2.26. The van der Waals surface area contributed by atoms with Crippen molar-refractivity contribution in [3.05, 3.63) is 23.9 Å². The molecule has 1 aromatic rings. The summed E-state index contributed by atoms with van der Waals surface area (Å²) in [5.74, 6) is 0.974. The third-order valence-corrected chi connectivity index (χ3v) is 2.94. The van der Waals surface area contributed by atoms with Crippen molar-refractivity contribution in [2.24, 2.45) is 0 Å². The average Bonchev–Trinajstić information content (AvgIpc) is 2.57. The van der Waals surface area contributed by atoms with Crippen LogP contribution in [0.2, 0.25) is 0 Å². The number of pyridine rings is 1. The van der Waals surface area contributed by atoms with Crippen molar-refractivity contribution >= 4 is 5.82 Å². The Hall–Kier alpha value is -1.09. The van der Waals surface area contributed by atoms with Gasteiger partial charge in [-0.15, -0.1) is 0 Å². The third-order valence-electron chi connectivity index (χ3n) is 2.94. The van der Waals surface area contributed by atoms with E-state index in [9.17, 15) is 5.11 Å². The number of aliphatic hydroxyl groups excluding tert-OH is 1. The van der Waals surface area contributed by atoms with E-state index >= 15 is 0 Å². The summed E-state index contributed by atoms with van der Waals surface area (Å²) in [5.41, 5.74) is 0.944. The first-order valence-corrected chi connectivity index (χ1v) is 5.71. The molecule has 0 spiro atoms. The Kier molecular flexibility index (Phi) is 3.56. The normalized spacial score (nSPS) is 17.5. The van der Waals surface area contributed by atoms with Gasteiger partial charge in [-0.1, -0.05) is 18.9 Å². The molecule has 1 aliphatic rings. The molecule has 2 rings (SSSR count). The quantitative estimate of drug-likeness (QED) is 0.803. The summed E-state index contributed by atoms with van der Waals surface area (Å²) in [5, 5.41) is 9.25. The Bertz CT molecular complexity index is 306. The van der Waals surface area contributed by atoms with Gasteiger partial charge in [-0.3, -0.25) is 0 Å². The summed E-state index contributed by atoms with van der Waals surface area (Å²) in [4.78, 5) is 6.68. The largest absolute Gasteiger partial charge is 0.392 e. The average molecular weight is 206 g/mol. The molecule has 15 heavy (non-hydrogen) atoms. The van der Waals surface area contributed by atoms with Crippen molar-refractivity contribution in [1.29, 1.82) is 0 Å². The molecule has 0 bridgehead atoms. The molecule has 82 valence electrons. The highest BCUT2D eigenvalue weighted by atomic mass is 16.3. The first-order valence-electron chi connectivity index (χ1n) is 5.71. The smallest absolute Gasteiger partial charge is 0.134 e. The second kappa shape index (κ2) is 5.12. The molecule has 1 saturated heterocycles.